The quantitative estimate of drug-likeness (QED) is 0.773. The molecule has 122 valence electrons. The van der Waals surface area contributed by atoms with Crippen LogP contribution in [0.5, 0.6) is 5.75 Å². The Balaban J connectivity index is 1.96. The number of Topliss-reactive ketones (excluding diaryl/α,β-unsaturated/α-hetero) is 1. The van der Waals surface area contributed by atoms with Gasteiger partial charge in [0, 0.05) is 6.42 Å². The number of rotatable bonds is 9. The van der Waals surface area contributed by atoms with E-state index in [0.29, 0.717) is 13.0 Å². The Morgan fingerprint density at radius 2 is 1.83 bits per heavy atom. The minimum Gasteiger partial charge on any atom is -0.489 e. The van der Waals surface area contributed by atoms with E-state index >= 15 is 0 Å². The van der Waals surface area contributed by atoms with E-state index in [0.717, 1.165) is 16.9 Å². The van der Waals surface area contributed by atoms with Crippen LogP contribution in [0.25, 0.3) is 0 Å². The van der Waals surface area contributed by atoms with Crippen LogP contribution in [0.15, 0.2) is 54.6 Å². The Morgan fingerprint density at radius 1 is 1.09 bits per heavy atom. The van der Waals surface area contributed by atoms with Gasteiger partial charge in [-0.15, -0.1) is 0 Å². The molecule has 4 heteroatoms. The molecular weight excluding hydrogens is 292 g/mol. The fraction of sp³-hybridized carbons (Fsp3) is 0.316. The molecule has 0 bridgehead atoms. The van der Waals surface area contributed by atoms with Gasteiger partial charge in [-0.25, -0.2) is 0 Å². The second kappa shape index (κ2) is 9.08. The van der Waals surface area contributed by atoms with Gasteiger partial charge >= 0.3 is 0 Å². The monoisotopic (exact) mass is 314 g/mol. The summed E-state index contributed by atoms with van der Waals surface area (Å²) in [6, 6.07) is 17.6. The predicted molar refractivity (Wildman–Crippen MR) is 88.4 cm³/mol. The maximum Gasteiger partial charge on any atom is 0.158 e. The van der Waals surface area contributed by atoms with Crippen LogP contribution in [0, 0.1) is 0 Å². The summed E-state index contributed by atoms with van der Waals surface area (Å²) < 4.78 is 11.2. The molecule has 2 rings (SSSR count). The van der Waals surface area contributed by atoms with Crippen LogP contribution in [0.3, 0.4) is 0 Å². The van der Waals surface area contributed by atoms with E-state index < -0.39 is 6.10 Å². The van der Waals surface area contributed by atoms with Gasteiger partial charge < -0.3 is 14.6 Å². The van der Waals surface area contributed by atoms with Crippen molar-refractivity contribution in [2.45, 2.75) is 26.1 Å². The van der Waals surface area contributed by atoms with Gasteiger partial charge in [0.15, 0.2) is 5.78 Å². The largest absolute Gasteiger partial charge is 0.489 e. The Labute approximate surface area is 136 Å². The minimum atomic E-state index is -0.536. The number of benzene rings is 2. The summed E-state index contributed by atoms with van der Waals surface area (Å²) in [5.74, 6) is 0.713. The van der Waals surface area contributed by atoms with E-state index in [-0.39, 0.29) is 19.0 Å². The molecule has 0 fully saturated rings. The van der Waals surface area contributed by atoms with Crippen molar-refractivity contribution in [1.82, 2.24) is 0 Å². The normalized spacial score (nSPS) is 11.9. The highest BCUT2D eigenvalue weighted by atomic mass is 16.5. The maximum absolute atomic E-state index is 11.6. The first-order chi connectivity index (χ1) is 11.2. The molecule has 0 saturated carbocycles. The third-order valence-electron chi connectivity index (χ3n) is 3.43. The fourth-order valence-electron chi connectivity index (χ4n) is 2.23. The van der Waals surface area contributed by atoms with Crippen LogP contribution < -0.4 is 4.74 Å². The first kappa shape index (κ1) is 17.2. The lowest BCUT2D eigenvalue weighted by Gasteiger charge is -2.15. The van der Waals surface area contributed by atoms with Crippen molar-refractivity contribution in [2.24, 2.45) is 0 Å². The van der Waals surface area contributed by atoms with Crippen molar-refractivity contribution in [1.29, 1.82) is 0 Å². The van der Waals surface area contributed by atoms with E-state index in [1.54, 1.807) is 0 Å². The van der Waals surface area contributed by atoms with Crippen molar-refractivity contribution in [3.8, 4) is 5.75 Å². The van der Waals surface area contributed by atoms with Gasteiger partial charge in [0.2, 0.25) is 0 Å². The molecule has 2 aromatic rings. The number of hydrogen-bond acceptors (Lipinski definition) is 4. The van der Waals surface area contributed by atoms with Crippen molar-refractivity contribution >= 4 is 5.78 Å². The molecule has 4 nitrogen and oxygen atoms in total. The van der Waals surface area contributed by atoms with Gasteiger partial charge in [0.25, 0.3) is 0 Å². The van der Waals surface area contributed by atoms with Crippen LogP contribution in [-0.2, 0) is 22.6 Å². The van der Waals surface area contributed by atoms with Crippen molar-refractivity contribution in [3.05, 3.63) is 65.7 Å². The van der Waals surface area contributed by atoms with Crippen LogP contribution in [0.1, 0.15) is 18.1 Å². The maximum atomic E-state index is 11.6. The number of aliphatic hydroxyl groups excluding tert-OH is 1. The second-order valence-electron chi connectivity index (χ2n) is 5.32. The van der Waals surface area contributed by atoms with E-state index in [9.17, 15) is 4.79 Å². The zero-order valence-corrected chi connectivity index (χ0v) is 13.3. The fourth-order valence-corrected chi connectivity index (χ4v) is 2.23. The first-order valence-electron chi connectivity index (χ1n) is 7.67. The number of hydrogen-bond donors (Lipinski definition) is 1. The van der Waals surface area contributed by atoms with Crippen molar-refractivity contribution < 1.29 is 19.4 Å². The Morgan fingerprint density at radius 3 is 2.52 bits per heavy atom. The van der Waals surface area contributed by atoms with Crippen LogP contribution in [0.2, 0.25) is 0 Å². The average Bonchev–Trinajstić information content (AvgIpc) is 2.58. The summed E-state index contributed by atoms with van der Waals surface area (Å²) >= 11 is 0. The zero-order chi connectivity index (χ0) is 16.5. The molecule has 2 aromatic carbocycles. The molecule has 0 radical (unpaired) electrons. The SMILES string of the molecule is CC(=O)C(Cc1cccc(OCc2ccccc2)c1)OCCO. The van der Waals surface area contributed by atoms with E-state index in [2.05, 4.69) is 0 Å². The topological polar surface area (TPSA) is 55.8 Å². The minimum absolute atomic E-state index is 0.0472. The Hall–Kier alpha value is -2.17. The van der Waals surface area contributed by atoms with Gasteiger partial charge in [-0.2, -0.15) is 0 Å². The smallest absolute Gasteiger partial charge is 0.158 e. The van der Waals surface area contributed by atoms with Crippen LogP contribution in [-0.4, -0.2) is 30.2 Å². The number of ether oxygens (including phenoxy) is 2. The lowest BCUT2D eigenvalue weighted by molar-refractivity contribution is -0.128. The zero-order valence-electron chi connectivity index (χ0n) is 13.3. The number of ketones is 1. The summed E-state index contributed by atoms with van der Waals surface area (Å²) in [6.45, 7) is 2.07. The van der Waals surface area contributed by atoms with Gasteiger partial charge in [-0.05, 0) is 30.2 Å². The standard InChI is InChI=1S/C19H22O4/c1-15(21)19(22-11-10-20)13-17-8-5-9-18(12-17)23-14-16-6-3-2-4-7-16/h2-9,12,19-20H,10-11,13-14H2,1H3. The molecule has 0 heterocycles. The molecule has 0 aliphatic carbocycles. The number of carbonyl (C=O) groups excluding carboxylic acids is 1. The van der Waals surface area contributed by atoms with E-state index in [1.165, 1.54) is 6.92 Å². The van der Waals surface area contributed by atoms with Gasteiger partial charge in [-0.1, -0.05) is 42.5 Å². The van der Waals surface area contributed by atoms with E-state index in [4.69, 9.17) is 14.6 Å². The highest BCUT2D eigenvalue weighted by Gasteiger charge is 2.15. The predicted octanol–water partition coefficient (Wildman–Crippen LogP) is 2.77. The highest BCUT2D eigenvalue weighted by molar-refractivity contribution is 5.80. The molecule has 1 unspecified atom stereocenters. The molecule has 23 heavy (non-hydrogen) atoms. The summed E-state index contributed by atoms with van der Waals surface area (Å²) in [7, 11) is 0. The van der Waals surface area contributed by atoms with Crippen LogP contribution >= 0.6 is 0 Å². The molecular formula is C19H22O4. The van der Waals surface area contributed by atoms with Gasteiger partial charge in [-0.3, -0.25) is 4.79 Å². The third-order valence-corrected chi connectivity index (χ3v) is 3.43. The summed E-state index contributed by atoms with van der Waals surface area (Å²) in [5, 5.41) is 8.83. The van der Waals surface area contributed by atoms with Gasteiger partial charge in [0.1, 0.15) is 18.5 Å². The Kier molecular flexibility index (Phi) is 6.78. The number of aliphatic hydroxyl groups is 1. The molecule has 1 atom stereocenters. The summed E-state index contributed by atoms with van der Waals surface area (Å²) in [5.41, 5.74) is 2.07. The first-order valence-corrected chi connectivity index (χ1v) is 7.67. The van der Waals surface area contributed by atoms with Gasteiger partial charge in [0.05, 0.1) is 13.2 Å². The third kappa shape index (κ3) is 5.85. The molecule has 0 aromatic heterocycles. The molecule has 0 amide bonds. The summed E-state index contributed by atoms with van der Waals surface area (Å²) in [6.07, 6.45) is -0.0655. The lowest BCUT2D eigenvalue weighted by atomic mass is 10.1. The molecule has 1 N–H and O–H groups in total. The lowest BCUT2D eigenvalue weighted by Crippen LogP contribution is -2.25. The Bertz CT molecular complexity index is 610. The molecule has 0 aliphatic rings. The molecule has 0 spiro atoms. The van der Waals surface area contributed by atoms with Crippen LogP contribution in [0.4, 0.5) is 0 Å². The average molecular weight is 314 g/mol. The second-order valence-corrected chi connectivity index (χ2v) is 5.32. The van der Waals surface area contributed by atoms with Crippen molar-refractivity contribution in [2.75, 3.05) is 13.2 Å². The molecule has 0 saturated heterocycles. The highest BCUT2D eigenvalue weighted by Crippen LogP contribution is 2.17. The number of carbonyl (C=O) groups is 1. The van der Waals surface area contributed by atoms with E-state index in [1.807, 2.05) is 54.6 Å². The van der Waals surface area contributed by atoms with Crippen molar-refractivity contribution in [3.63, 3.8) is 0 Å². The molecule has 0 aliphatic heterocycles. The summed E-state index contributed by atoms with van der Waals surface area (Å²) in [4.78, 5) is 11.6.